The molecule has 140 valence electrons. The van der Waals surface area contributed by atoms with E-state index in [9.17, 15) is 15.0 Å². The van der Waals surface area contributed by atoms with Gasteiger partial charge in [0.05, 0.1) is 23.4 Å². The monoisotopic (exact) mass is 350 g/mol. The van der Waals surface area contributed by atoms with Gasteiger partial charge in [0.15, 0.2) is 0 Å². The zero-order valence-electron chi connectivity index (χ0n) is 15.5. The number of carbonyl (C=O) groups is 1. The van der Waals surface area contributed by atoms with Crippen molar-refractivity contribution >= 4 is 5.97 Å². The number of ether oxygens (including phenoxy) is 2. The lowest BCUT2D eigenvalue weighted by Crippen LogP contribution is -2.43. The van der Waals surface area contributed by atoms with Crippen molar-refractivity contribution in [2.24, 2.45) is 5.92 Å². The highest BCUT2D eigenvalue weighted by molar-refractivity contribution is 5.89. The van der Waals surface area contributed by atoms with Gasteiger partial charge in [-0.05, 0) is 65.2 Å². The van der Waals surface area contributed by atoms with Gasteiger partial charge in [0.2, 0.25) is 0 Å². The molecule has 0 saturated carbocycles. The van der Waals surface area contributed by atoms with Crippen LogP contribution in [0.4, 0.5) is 0 Å². The van der Waals surface area contributed by atoms with E-state index in [0.717, 1.165) is 19.3 Å². The van der Waals surface area contributed by atoms with Crippen molar-refractivity contribution in [1.82, 2.24) is 0 Å². The molecule has 2 aliphatic heterocycles. The molecule has 2 fully saturated rings. The Morgan fingerprint density at radius 1 is 1.20 bits per heavy atom. The van der Waals surface area contributed by atoms with Crippen LogP contribution in [0.2, 0.25) is 0 Å². The lowest BCUT2D eigenvalue weighted by atomic mass is 9.82. The highest BCUT2D eigenvalue weighted by atomic mass is 16.6. The lowest BCUT2D eigenvalue weighted by Gasteiger charge is -2.34. The first-order valence-corrected chi connectivity index (χ1v) is 9.23. The van der Waals surface area contributed by atoms with Crippen LogP contribution in [-0.2, 0) is 14.3 Å². The summed E-state index contributed by atoms with van der Waals surface area (Å²) in [6.45, 7) is 9.52. The van der Waals surface area contributed by atoms with E-state index in [2.05, 4.69) is 13.5 Å². The number of aliphatic hydroxyl groups excluding tert-OH is 1. The van der Waals surface area contributed by atoms with Crippen LogP contribution in [-0.4, -0.2) is 45.2 Å². The molecule has 0 radical (unpaired) electrons. The third-order valence-corrected chi connectivity index (χ3v) is 6.23. The van der Waals surface area contributed by atoms with Crippen LogP contribution in [0, 0.1) is 5.92 Å². The molecule has 0 aromatic carbocycles. The van der Waals surface area contributed by atoms with Crippen molar-refractivity contribution in [3.05, 3.63) is 24.3 Å². The average Bonchev–Trinajstić information content (AvgIpc) is 3.18. The van der Waals surface area contributed by atoms with Crippen molar-refractivity contribution in [2.75, 3.05) is 0 Å². The van der Waals surface area contributed by atoms with Gasteiger partial charge in [-0.15, -0.1) is 0 Å². The maximum absolute atomic E-state index is 12.5. The van der Waals surface area contributed by atoms with E-state index >= 15 is 0 Å². The third kappa shape index (κ3) is 3.83. The zero-order chi connectivity index (χ0) is 18.5. The van der Waals surface area contributed by atoms with Gasteiger partial charge in [-0.1, -0.05) is 18.7 Å². The fraction of sp³-hybridized carbons (Fsp3) is 0.750. The molecule has 5 heteroatoms. The second kappa shape index (κ2) is 6.22. The Bertz CT molecular complexity index is 595. The van der Waals surface area contributed by atoms with E-state index in [1.54, 1.807) is 19.9 Å². The standard InChI is InChI=1S/C20H30O5/c1-13-14-6-11-19(3,25-17(13)22)15(21)7-10-18(2,23)8-5-9-20(4)16(12-14)24-20/h5,8,14-16,21,23H,1,6-7,9-12H2,2-4H3/b8-5+/t14-,15-,16+,18+,19-,20+/m1/s1. The normalized spacial score (nSPS) is 49.6. The van der Waals surface area contributed by atoms with Gasteiger partial charge in [-0.25, -0.2) is 4.79 Å². The van der Waals surface area contributed by atoms with Crippen LogP contribution in [0.1, 0.15) is 59.3 Å². The molecule has 3 rings (SSSR count). The summed E-state index contributed by atoms with van der Waals surface area (Å²) in [6, 6.07) is 0. The number of hydrogen-bond donors (Lipinski definition) is 2. The maximum Gasteiger partial charge on any atom is 0.334 e. The Kier molecular flexibility index (Phi) is 4.63. The lowest BCUT2D eigenvalue weighted by molar-refractivity contribution is -0.166. The van der Waals surface area contributed by atoms with Crippen molar-refractivity contribution in [3.8, 4) is 0 Å². The molecule has 0 amide bonds. The molecule has 0 aromatic rings. The molecule has 5 nitrogen and oxygen atoms in total. The van der Waals surface area contributed by atoms with Crippen molar-refractivity contribution in [3.63, 3.8) is 0 Å². The van der Waals surface area contributed by atoms with Gasteiger partial charge in [0.1, 0.15) is 5.60 Å². The van der Waals surface area contributed by atoms with E-state index in [1.807, 2.05) is 6.08 Å². The molecule has 3 aliphatic rings. The van der Waals surface area contributed by atoms with Crippen LogP contribution in [0.3, 0.4) is 0 Å². The van der Waals surface area contributed by atoms with Crippen LogP contribution >= 0.6 is 0 Å². The Labute approximate surface area is 149 Å². The largest absolute Gasteiger partial charge is 0.453 e. The molecule has 0 spiro atoms. The SMILES string of the molecule is C=C1C(=O)O[C@]2(C)CC[C@@H]1C[C@@H]1O[C@@]1(C)C/C=C/[C@](C)(O)CC[C@H]2O. The predicted octanol–water partition coefficient (Wildman–Crippen LogP) is 2.65. The van der Waals surface area contributed by atoms with Gasteiger partial charge in [0, 0.05) is 5.57 Å². The van der Waals surface area contributed by atoms with Crippen LogP contribution in [0.5, 0.6) is 0 Å². The average molecular weight is 350 g/mol. The minimum Gasteiger partial charge on any atom is -0.453 e. The summed E-state index contributed by atoms with van der Waals surface area (Å²) in [5, 5.41) is 21.2. The molecule has 25 heavy (non-hydrogen) atoms. The molecule has 2 saturated heterocycles. The van der Waals surface area contributed by atoms with E-state index < -0.39 is 23.3 Å². The van der Waals surface area contributed by atoms with Crippen LogP contribution in [0.25, 0.3) is 0 Å². The molecular weight excluding hydrogens is 320 g/mol. The Morgan fingerprint density at radius 2 is 1.92 bits per heavy atom. The summed E-state index contributed by atoms with van der Waals surface area (Å²) >= 11 is 0. The number of esters is 1. The van der Waals surface area contributed by atoms with Gasteiger partial charge >= 0.3 is 5.97 Å². The summed E-state index contributed by atoms with van der Waals surface area (Å²) in [4.78, 5) is 12.5. The Balaban J connectivity index is 1.88. The first kappa shape index (κ1) is 18.6. The molecule has 2 heterocycles. The number of carbonyl (C=O) groups excluding carboxylic acids is 1. The van der Waals surface area contributed by atoms with Crippen molar-refractivity contribution in [1.29, 1.82) is 0 Å². The number of hydrogen-bond acceptors (Lipinski definition) is 5. The fourth-order valence-electron chi connectivity index (χ4n) is 4.02. The van der Waals surface area contributed by atoms with Crippen molar-refractivity contribution in [2.45, 2.75) is 88.3 Å². The Morgan fingerprint density at radius 3 is 2.64 bits per heavy atom. The first-order valence-electron chi connectivity index (χ1n) is 9.23. The van der Waals surface area contributed by atoms with Gasteiger partial charge in [-0.2, -0.15) is 0 Å². The predicted molar refractivity (Wildman–Crippen MR) is 93.9 cm³/mol. The smallest absolute Gasteiger partial charge is 0.334 e. The zero-order valence-corrected chi connectivity index (χ0v) is 15.5. The molecule has 2 bridgehead atoms. The van der Waals surface area contributed by atoms with E-state index in [-0.39, 0.29) is 17.6 Å². The summed E-state index contributed by atoms with van der Waals surface area (Å²) < 4.78 is 11.5. The highest BCUT2D eigenvalue weighted by Gasteiger charge is 2.53. The molecule has 0 aromatic heterocycles. The van der Waals surface area contributed by atoms with Crippen LogP contribution in [0.15, 0.2) is 24.3 Å². The maximum atomic E-state index is 12.5. The minimum atomic E-state index is -1.01. The minimum absolute atomic E-state index is 0.0170. The second-order valence-electron chi connectivity index (χ2n) is 8.64. The third-order valence-electron chi connectivity index (χ3n) is 6.23. The summed E-state index contributed by atoms with van der Waals surface area (Å²) in [6.07, 6.45) is 6.51. The van der Waals surface area contributed by atoms with Crippen molar-refractivity contribution < 1.29 is 24.5 Å². The number of rotatable bonds is 0. The molecular formula is C20H30O5. The molecule has 6 atom stereocenters. The molecule has 0 unspecified atom stereocenters. The highest BCUT2D eigenvalue weighted by Crippen LogP contribution is 2.46. The second-order valence-corrected chi connectivity index (χ2v) is 8.64. The van der Waals surface area contributed by atoms with E-state index in [4.69, 9.17) is 9.47 Å². The number of fused-ring (bicyclic) bond motifs is 4. The summed E-state index contributed by atoms with van der Waals surface area (Å²) in [5.41, 5.74) is -1.72. The summed E-state index contributed by atoms with van der Waals surface area (Å²) in [7, 11) is 0. The molecule has 2 N–H and O–H groups in total. The van der Waals surface area contributed by atoms with Gasteiger partial charge < -0.3 is 19.7 Å². The van der Waals surface area contributed by atoms with E-state index in [0.29, 0.717) is 24.8 Å². The summed E-state index contributed by atoms with van der Waals surface area (Å²) in [5.74, 6) is -0.408. The number of epoxide rings is 1. The Hall–Kier alpha value is -1.17. The van der Waals surface area contributed by atoms with E-state index in [1.165, 1.54) is 0 Å². The molecule has 1 aliphatic carbocycles. The fourth-order valence-corrected chi connectivity index (χ4v) is 4.02. The van der Waals surface area contributed by atoms with Gasteiger partial charge in [0.25, 0.3) is 0 Å². The van der Waals surface area contributed by atoms with Crippen LogP contribution < -0.4 is 0 Å². The van der Waals surface area contributed by atoms with Gasteiger partial charge in [-0.3, -0.25) is 0 Å². The quantitative estimate of drug-likeness (QED) is 0.304. The number of aliphatic hydroxyl groups is 2. The first-order chi connectivity index (χ1) is 11.5. The topological polar surface area (TPSA) is 79.3 Å².